The van der Waals surface area contributed by atoms with Crippen LogP contribution in [0.15, 0.2) is 18.2 Å². The first-order chi connectivity index (χ1) is 10.1. The van der Waals surface area contributed by atoms with Gasteiger partial charge in [0.2, 0.25) is 5.91 Å². The van der Waals surface area contributed by atoms with Gasteiger partial charge in [-0.1, -0.05) is 23.7 Å². The Morgan fingerprint density at radius 3 is 2.67 bits per heavy atom. The number of amides is 1. The van der Waals surface area contributed by atoms with Gasteiger partial charge in [-0.2, -0.15) is 0 Å². The first kappa shape index (κ1) is 14.7. The Morgan fingerprint density at radius 2 is 2.00 bits per heavy atom. The number of carbonyl (C=O) groups excluding carboxylic acids is 1. The normalized spacial score (nSPS) is 19.8. The van der Waals surface area contributed by atoms with E-state index in [1.807, 2.05) is 17.0 Å². The van der Waals surface area contributed by atoms with E-state index < -0.39 is 0 Å². The van der Waals surface area contributed by atoms with Crippen LogP contribution in [0.2, 0.25) is 5.02 Å². The van der Waals surface area contributed by atoms with Gasteiger partial charge < -0.3 is 15.3 Å². The third-order valence-electron chi connectivity index (χ3n) is 4.38. The summed E-state index contributed by atoms with van der Waals surface area (Å²) in [4.78, 5) is 14.0. The van der Waals surface area contributed by atoms with Gasteiger partial charge in [-0.05, 0) is 31.7 Å². The Bertz CT molecular complexity index is 523. The number of hydrogen-bond donors (Lipinski definition) is 2. The van der Waals surface area contributed by atoms with Crippen LogP contribution in [0.25, 0.3) is 0 Å². The molecule has 0 radical (unpaired) electrons. The van der Waals surface area contributed by atoms with Crippen LogP contribution in [0.5, 0.6) is 5.75 Å². The number of halogens is 1. The highest BCUT2D eigenvalue weighted by Gasteiger charge is 2.34. The van der Waals surface area contributed by atoms with Crippen molar-refractivity contribution in [2.24, 2.45) is 5.92 Å². The summed E-state index contributed by atoms with van der Waals surface area (Å²) in [5.41, 5.74) is 0.819. The minimum Gasteiger partial charge on any atom is -0.506 e. The van der Waals surface area contributed by atoms with E-state index in [1.165, 1.54) is 0 Å². The van der Waals surface area contributed by atoms with Gasteiger partial charge in [0.1, 0.15) is 5.75 Å². The molecule has 4 nitrogen and oxygen atoms in total. The summed E-state index contributed by atoms with van der Waals surface area (Å²) >= 11 is 5.90. The van der Waals surface area contributed by atoms with E-state index in [2.05, 4.69) is 5.32 Å². The van der Waals surface area contributed by atoms with Gasteiger partial charge in [-0.25, -0.2) is 0 Å². The topological polar surface area (TPSA) is 52.6 Å². The molecule has 3 rings (SSSR count). The van der Waals surface area contributed by atoms with Crippen molar-refractivity contribution in [1.29, 1.82) is 0 Å². The van der Waals surface area contributed by atoms with Crippen LogP contribution >= 0.6 is 11.6 Å². The molecule has 0 spiro atoms. The Hall–Kier alpha value is -1.26. The van der Waals surface area contributed by atoms with Gasteiger partial charge in [-0.15, -0.1) is 0 Å². The Morgan fingerprint density at radius 1 is 1.29 bits per heavy atom. The molecule has 2 fully saturated rings. The van der Waals surface area contributed by atoms with E-state index in [9.17, 15) is 9.90 Å². The maximum Gasteiger partial charge on any atom is 0.225 e. The van der Waals surface area contributed by atoms with Crippen molar-refractivity contribution >= 4 is 17.5 Å². The van der Waals surface area contributed by atoms with Gasteiger partial charge in [0, 0.05) is 37.2 Å². The van der Waals surface area contributed by atoms with Crippen molar-refractivity contribution in [3.8, 4) is 5.75 Å². The number of hydrogen-bond acceptors (Lipinski definition) is 3. The second-order valence-electron chi connectivity index (χ2n) is 6.00. The lowest BCUT2D eigenvalue weighted by molar-refractivity contribution is -0.133. The summed E-state index contributed by atoms with van der Waals surface area (Å²) < 4.78 is 0. The maximum absolute atomic E-state index is 12.0. The second-order valence-corrected chi connectivity index (χ2v) is 6.41. The SMILES string of the molecule is O=C(C1CC1)N1CCC(NCc2cccc(Cl)c2O)CC1. The standard InChI is InChI=1S/C16H21ClN2O2/c17-14-3-1-2-12(15(14)20)10-18-13-6-8-19(9-7-13)16(21)11-4-5-11/h1-3,11,13,18,20H,4-10H2. The molecule has 1 saturated carbocycles. The van der Waals surface area contributed by atoms with Crippen LogP contribution in [-0.4, -0.2) is 35.0 Å². The molecular formula is C16H21ClN2O2. The van der Waals surface area contributed by atoms with Crippen LogP contribution < -0.4 is 5.32 Å². The average molecular weight is 309 g/mol. The van der Waals surface area contributed by atoms with E-state index in [0.717, 1.165) is 44.3 Å². The first-order valence-corrected chi connectivity index (χ1v) is 8.01. The fourth-order valence-electron chi connectivity index (χ4n) is 2.85. The molecular weight excluding hydrogens is 288 g/mol. The van der Waals surface area contributed by atoms with Crippen molar-refractivity contribution in [2.45, 2.75) is 38.3 Å². The second kappa shape index (κ2) is 6.24. The molecule has 1 saturated heterocycles. The first-order valence-electron chi connectivity index (χ1n) is 7.63. The summed E-state index contributed by atoms with van der Waals surface area (Å²) in [6.45, 7) is 2.29. The molecule has 1 aliphatic heterocycles. The third-order valence-corrected chi connectivity index (χ3v) is 4.69. The smallest absolute Gasteiger partial charge is 0.225 e. The summed E-state index contributed by atoms with van der Waals surface area (Å²) in [5, 5.41) is 13.7. The number of benzene rings is 1. The highest BCUT2D eigenvalue weighted by Crippen LogP contribution is 2.32. The molecule has 0 atom stereocenters. The van der Waals surface area contributed by atoms with Crippen molar-refractivity contribution in [1.82, 2.24) is 10.2 Å². The Balaban J connectivity index is 1.47. The summed E-state index contributed by atoms with van der Waals surface area (Å²) in [7, 11) is 0. The summed E-state index contributed by atoms with van der Waals surface area (Å²) in [6.07, 6.45) is 4.09. The fourth-order valence-corrected chi connectivity index (χ4v) is 3.04. The lowest BCUT2D eigenvalue weighted by atomic mass is 10.0. The monoisotopic (exact) mass is 308 g/mol. The molecule has 1 aromatic carbocycles. The maximum atomic E-state index is 12.0. The van der Waals surface area contributed by atoms with Gasteiger partial charge in [-0.3, -0.25) is 4.79 Å². The van der Waals surface area contributed by atoms with E-state index in [-0.39, 0.29) is 5.75 Å². The van der Waals surface area contributed by atoms with Crippen LogP contribution in [0.4, 0.5) is 0 Å². The largest absolute Gasteiger partial charge is 0.506 e. The fraction of sp³-hybridized carbons (Fsp3) is 0.562. The highest BCUT2D eigenvalue weighted by molar-refractivity contribution is 6.32. The minimum absolute atomic E-state index is 0.160. The number of piperidine rings is 1. The van der Waals surface area contributed by atoms with Gasteiger partial charge >= 0.3 is 0 Å². The molecule has 1 aromatic rings. The van der Waals surface area contributed by atoms with Crippen molar-refractivity contribution in [3.05, 3.63) is 28.8 Å². The Kier molecular flexibility index (Phi) is 4.36. The molecule has 1 amide bonds. The third kappa shape index (κ3) is 3.50. The number of nitrogens with zero attached hydrogens (tertiary/aromatic N) is 1. The molecule has 1 heterocycles. The quantitative estimate of drug-likeness (QED) is 0.899. The van der Waals surface area contributed by atoms with Gasteiger partial charge in [0.05, 0.1) is 5.02 Å². The molecule has 2 N–H and O–H groups in total. The molecule has 0 bridgehead atoms. The molecule has 5 heteroatoms. The van der Waals surface area contributed by atoms with Crippen molar-refractivity contribution < 1.29 is 9.90 Å². The van der Waals surface area contributed by atoms with Crippen LogP contribution in [-0.2, 0) is 11.3 Å². The predicted octanol–water partition coefficient (Wildman–Crippen LogP) is 2.54. The molecule has 1 aliphatic carbocycles. The zero-order chi connectivity index (χ0) is 14.8. The zero-order valence-corrected chi connectivity index (χ0v) is 12.8. The van der Waals surface area contributed by atoms with Crippen LogP contribution in [0.1, 0.15) is 31.2 Å². The van der Waals surface area contributed by atoms with E-state index in [4.69, 9.17) is 11.6 Å². The molecule has 0 unspecified atom stereocenters. The van der Waals surface area contributed by atoms with Crippen molar-refractivity contribution in [3.63, 3.8) is 0 Å². The number of aromatic hydroxyl groups is 1. The molecule has 114 valence electrons. The number of phenolic OH excluding ortho intramolecular Hbond substituents is 1. The Labute approximate surface area is 130 Å². The molecule has 0 aromatic heterocycles. The van der Waals surface area contributed by atoms with Crippen LogP contribution in [0, 0.1) is 5.92 Å². The van der Waals surface area contributed by atoms with Gasteiger partial charge in [0.15, 0.2) is 0 Å². The lowest BCUT2D eigenvalue weighted by Crippen LogP contribution is -2.45. The lowest BCUT2D eigenvalue weighted by Gasteiger charge is -2.32. The van der Waals surface area contributed by atoms with Crippen molar-refractivity contribution in [2.75, 3.05) is 13.1 Å². The number of para-hydroxylation sites is 1. The number of nitrogens with one attached hydrogen (secondary N) is 1. The van der Waals surface area contributed by atoms with E-state index >= 15 is 0 Å². The number of carbonyl (C=O) groups is 1. The predicted molar refractivity (Wildman–Crippen MR) is 82.3 cm³/mol. The number of rotatable bonds is 4. The zero-order valence-electron chi connectivity index (χ0n) is 12.0. The number of likely N-dealkylation sites (tertiary alicyclic amines) is 1. The number of phenols is 1. The highest BCUT2D eigenvalue weighted by atomic mass is 35.5. The minimum atomic E-state index is 0.160. The van der Waals surface area contributed by atoms with Crippen LogP contribution in [0.3, 0.4) is 0 Å². The summed E-state index contributed by atoms with van der Waals surface area (Å²) in [6, 6.07) is 5.80. The summed E-state index contributed by atoms with van der Waals surface area (Å²) in [5.74, 6) is 0.826. The van der Waals surface area contributed by atoms with E-state index in [1.54, 1.807) is 6.07 Å². The average Bonchev–Trinajstić information content (AvgIpc) is 3.33. The van der Waals surface area contributed by atoms with E-state index in [0.29, 0.717) is 29.4 Å². The van der Waals surface area contributed by atoms with Gasteiger partial charge in [0.25, 0.3) is 0 Å². The molecule has 2 aliphatic rings. The molecule has 21 heavy (non-hydrogen) atoms.